The topological polar surface area (TPSA) is 8.17 Å². The van der Waals surface area contributed by atoms with Crippen LogP contribution in [-0.4, -0.2) is 12.6 Å². The van der Waals surface area contributed by atoms with Crippen molar-refractivity contribution in [2.24, 2.45) is 0 Å². The highest BCUT2D eigenvalue weighted by atomic mass is 28.3. The largest absolute Gasteiger partial charge is 0.311 e. The van der Waals surface area contributed by atoms with Crippen molar-refractivity contribution in [3.63, 3.8) is 0 Å². The molecule has 0 aliphatic heterocycles. The maximum atomic E-state index is 2.50. The van der Waals surface area contributed by atoms with Gasteiger partial charge in [0.1, 0.15) is 0 Å². The first-order chi connectivity index (χ1) is 26.1. The van der Waals surface area contributed by atoms with E-state index in [1.165, 1.54) is 59.4 Å². The van der Waals surface area contributed by atoms with Crippen molar-refractivity contribution < 1.29 is 0 Å². The second-order valence-corrected chi connectivity index (χ2v) is 17.8. The molecule has 0 unspecified atom stereocenters. The van der Waals surface area contributed by atoms with E-state index in [0.717, 1.165) is 17.1 Å². The van der Waals surface area contributed by atoms with Crippen molar-refractivity contribution >= 4 is 67.7 Å². The highest BCUT2D eigenvalue weighted by molar-refractivity contribution is 7.20. The van der Waals surface area contributed by atoms with Gasteiger partial charge in [0.15, 0.2) is 8.07 Å². The molecule has 3 heteroatoms. The quantitative estimate of drug-likeness (QED) is 0.113. The van der Waals surface area contributed by atoms with Crippen LogP contribution in [0.2, 0.25) is 0 Å². The molecule has 0 aliphatic rings. The first kappa shape index (κ1) is 32.5. The molecule has 9 aromatic rings. The lowest BCUT2D eigenvalue weighted by Crippen LogP contribution is -2.74. The van der Waals surface area contributed by atoms with Crippen LogP contribution >= 0.6 is 0 Å². The maximum Gasteiger partial charge on any atom is 0.179 e. The summed E-state index contributed by atoms with van der Waals surface area (Å²) in [5.41, 5.74) is 9.51. The van der Waals surface area contributed by atoms with E-state index in [1.807, 2.05) is 0 Å². The Bertz CT molecular complexity index is 2560. The molecule has 0 fully saturated rings. The average Bonchev–Trinajstić information content (AvgIpc) is 3.55. The van der Waals surface area contributed by atoms with Gasteiger partial charge in [-0.15, -0.1) is 0 Å². The molecule has 0 saturated heterocycles. The molecule has 0 saturated carbocycles. The molecule has 1 heterocycles. The minimum absolute atomic E-state index is 1.13. The van der Waals surface area contributed by atoms with E-state index in [1.54, 1.807) is 0 Å². The zero-order valence-electron chi connectivity index (χ0n) is 30.0. The Balaban J connectivity index is 1.29. The van der Waals surface area contributed by atoms with Crippen molar-refractivity contribution in [2.45, 2.75) is 13.8 Å². The lowest BCUT2D eigenvalue weighted by atomic mass is 10.1. The average molecular weight is 697 g/mol. The summed E-state index contributed by atoms with van der Waals surface area (Å²) in [5, 5.41) is 7.96. The standard InChI is InChI=1S/C50H40N2Si/c1-37-22-26-40(27-23-37)51(41-28-24-38(2)25-29-41)42-30-32-45(33-31-42)53(43-16-8-4-9-17-43,44-18-10-5-11-19-44)46-34-35-50-48(36-46)47-20-12-13-21-49(47)52(50)39-14-6-3-7-15-39/h3-36H,1-2H3. The molecule has 9 rings (SSSR count). The van der Waals surface area contributed by atoms with Gasteiger partial charge in [0, 0.05) is 33.5 Å². The zero-order chi connectivity index (χ0) is 35.8. The molecule has 0 bridgehead atoms. The molecule has 0 aliphatic carbocycles. The summed E-state index contributed by atoms with van der Waals surface area (Å²) in [7, 11) is -2.83. The highest BCUT2D eigenvalue weighted by Gasteiger charge is 2.41. The number of anilines is 3. The third-order valence-corrected chi connectivity index (χ3v) is 15.5. The minimum Gasteiger partial charge on any atom is -0.311 e. The molecule has 8 aromatic carbocycles. The van der Waals surface area contributed by atoms with Gasteiger partial charge in [-0.05, 0) is 95.3 Å². The van der Waals surface area contributed by atoms with Gasteiger partial charge in [0.2, 0.25) is 0 Å². The smallest absolute Gasteiger partial charge is 0.179 e. The summed E-state index contributed by atoms with van der Waals surface area (Å²) < 4.78 is 2.41. The van der Waals surface area contributed by atoms with Gasteiger partial charge in [-0.2, -0.15) is 0 Å². The van der Waals surface area contributed by atoms with Crippen molar-refractivity contribution in [2.75, 3.05) is 4.90 Å². The fourth-order valence-electron chi connectivity index (χ4n) is 8.13. The Morgan fingerprint density at radius 3 is 1.32 bits per heavy atom. The normalized spacial score (nSPS) is 11.6. The Labute approximate surface area is 312 Å². The van der Waals surface area contributed by atoms with Crippen LogP contribution in [-0.2, 0) is 0 Å². The lowest BCUT2D eigenvalue weighted by Gasteiger charge is -2.35. The summed E-state index contributed by atoms with van der Waals surface area (Å²) in [5.74, 6) is 0. The summed E-state index contributed by atoms with van der Waals surface area (Å²) in [6, 6.07) is 76.3. The Morgan fingerprint density at radius 2 is 0.774 bits per heavy atom. The van der Waals surface area contributed by atoms with E-state index in [9.17, 15) is 0 Å². The van der Waals surface area contributed by atoms with Crippen molar-refractivity contribution in [1.29, 1.82) is 0 Å². The summed E-state index contributed by atoms with van der Waals surface area (Å²) in [6.45, 7) is 4.28. The van der Waals surface area contributed by atoms with E-state index in [4.69, 9.17) is 0 Å². The molecule has 0 amide bonds. The van der Waals surface area contributed by atoms with Crippen LogP contribution in [0.25, 0.3) is 27.5 Å². The third-order valence-electron chi connectivity index (χ3n) is 10.7. The fourth-order valence-corrected chi connectivity index (χ4v) is 12.9. The lowest BCUT2D eigenvalue weighted by molar-refractivity contribution is 1.18. The number of nitrogens with zero attached hydrogens (tertiary/aromatic N) is 2. The van der Waals surface area contributed by atoms with Crippen LogP contribution in [0.15, 0.2) is 206 Å². The fraction of sp³-hybridized carbons (Fsp3) is 0.0400. The summed E-state index contributed by atoms with van der Waals surface area (Å²) >= 11 is 0. The van der Waals surface area contributed by atoms with Crippen molar-refractivity contribution in [3.05, 3.63) is 217 Å². The summed E-state index contributed by atoms with van der Waals surface area (Å²) in [4.78, 5) is 2.36. The van der Waals surface area contributed by atoms with Crippen molar-refractivity contribution in [3.8, 4) is 5.69 Å². The summed E-state index contributed by atoms with van der Waals surface area (Å²) in [6.07, 6.45) is 0. The van der Waals surface area contributed by atoms with E-state index in [0.29, 0.717) is 0 Å². The Kier molecular flexibility index (Phi) is 8.34. The molecular weight excluding hydrogens is 657 g/mol. The van der Waals surface area contributed by atoms with Gasteiger partial charge in [0.25, 0.3) is 0 Å². The molecule has 0 radical (unpaired) electrons. The number of benzene rings is 8. The van der Waals surface area contributed by atoms with Crippen molar-refractivity contribution in [1.82, 2.24) is 4.57 Å². The van der Waals surface area contributed by atoms with Crippen LogP contribution in [0.4, 0.5) is 17.1 Å². The highest BCUT2D eigenvalue weighted by Crippen LogP contribution is 2.35. The Morgan fingerprint density at radius 1 is 0.358 bits per heavy atom. The molecule has 2 nitrogen and oxygen atoms in total. The van der Waals surface area contributed by atoms with Crippen LogP contribution in [0.3, 0.4) is 0 Å². The maximum absolute atomic E-state index is 2.83. The predicted octanol–water partition coefficient (Wildman–Crippen LogP) is 10.2. The third kappa shape index (κ3) is 5.67. The number of hydrogen-bond acceptors (Lipinski definition) is 1. The SMILES string of the molecule is Cc1ccc(N(c2ccc(C)cc2)c2ccc([Si](c3ccccc3)(c3ccccc3)c3ccc4c(c3)c3ccccc3n4-c3ccccc3)cc2)cc1. The van der Waals surface area contributed by atoms with Crippen LogP contribution in [0.5, 0.6) is 0 Å². The first-order valence-corrected chi connectivity index (χ1v) is 20.4. The van der Waals surface area contributed by atoms with Gasteiger partial charge in [0.05, 0.1) is 11.0 Å². The van der Waals surface area contributed by atoms with Gasteiger partial charge in [-0.3, -0.25) is 0 Å². The number of para-hydroxylation sites is 2. The van der Waals surface area contributed by atoms with Crippen LogP contribution < -0.4 is 25.6 Å². The van der Waals surface area contributed by atoms with E-state index in [-0.39, 0.29) is 0 Å². The van der Waals surface area contributed by atoms with Gasteiger partial charge < -0.3 is 9.47 Å². The molecule has 1 aromatic heterocycles. The number of aromatic nitrogens is 1. The number of fused-ring (bicyclic) bond motifs is 3. The number of aryl methyl sites for hydroxylation is 2. The second kappa shape index (κ2) is 13.6. The first-order valence-electron chi connectivity index (χ1n) is 18.4. The van der Waals surface area contributed by atoms with E-state index < -0.39 is 8.07 Å². The molecule has 0 N–H and O–H groups in total. The van der Waals surface area contributed by atoms with Gasteiger partial charge in [-0.1, -0.05) is 157 Å². The Hall–Kier alpha value is -6.42. The predicted molar refractivity (Wildman–Crippen MR) is 229 cm³/mol. The molecule has 0 atom stereocenters. The van der Waals surface area contributed by atoms with Crippen LogP contribution in [0.1, 0.15) is 11.1 Å². The number of rotatable bonds is 8. The number of hydrogen-bond donors (Lipinski definition) is 0. The van der Waals surface area contributed by atoms with Crippen LogP contribution in [0, 0.1) is 13.8 Å². The molecule has 0 spiro atoms. The molecular formula is C50H40N2Si. The van der Waals surface area contributed by atoms with Gasteiger partial charge >= 0.3 is 0 Å². The molecule has 53 heavy (non-hydrogen) atoms. The zero-order valence-corrected chi connectivity index (χ0v) is 31.0. The molecule has 254 valence electrons. The monoisotopic (exact) mass is 696 g/mol. The minimum atomic E-state index is -2.83. The second-order valence-electron chi connectivity index (χ2n) is 14.0. The van der Waals surface area contributed by atoms with E-state index >= 15 is 0 Å². The van der Waals surface area contributed by atoms with Gasteiger partial charge in [-0.25, -0.2) is 0 Å². The van der Waals surface area contributed by atoms with E-state index in [2.05, 4.69) is 230 Å².